The van der Waals surface area contributed by atoms with Crippen molar-refractivity contribution in [3.05, 3.63) is 9.93 Å². The Hall–Kier alpha value is -1.15. The molecule has 8 heteroatoms. The van der Waals surface area contributed by atoms with E-state index in [1.54, 1.807) is 0 Å². The number of β-lactam (4-membered cyclic amide) rings is 1. The molecule has 1 saturated heterocycles. The fourth-order valence-corrected chi connectivity index (χ4v) is 6.10. The molecule has 0 saturated carbocycles. The summed E-state index contributed by atoms with van der Waals surface area (Å²) < 4.78 is 0.746. The van der Waals surface area contributed by atoms with Crippen molar-refractivity contribution in [2.24, 2.45) is 16.8 Å². The number of carbonyl (C=O) groups is 2. The molecule has 1 fully saturated rings. The van der Waals surface area contributed by atoms with Crippen LogP contribution in [0.3, 0.4) is 0 Å². The Morgan fingerprint density at radius 2 is 2.27 bits per heavy atom. The molecule has 22 heavy (non-hydrogen) atoms. The number of rotatable bonds is 4. The van der Waals surface area contributed by atoms with Crippen LogP contribution in [0.15, 0.2) is 14.9 Å². The third kappa shape index (κ3) is 2.52. The molecular weight excluding hydrogens is 322 g/mol. The van der Waals surface area contributed by atoms with E-state index in [1.807, 2.05) is 20.8 Å². The van der Waals surface area contributed by atoms with Gasteiger partial charge in [-0.15, -0.1) is 11.8 Å². The highest BCUT2D eigenvalue weighted by Gasteiger charge is 2.57. The number of aliphatic imine (C=N–C) groups is 1. The number of carboxylic acid groups (broad SMARTS) is 1. The van der Waals surface area contributed by atoms with Gasteiger partial charge in [0.25, 0.3) is 0 Å². The number of fused-ring (bicyclic) bond motifs is 1. The standard InChI is InChI=1S/C14H19N3O3S2/c1-6(2)9-11(18)17-10(13(19)20)14(22-12(9)17)21-8-4-15-7(3)16-5-8/h6,8-9,12H,4-5H2,1-3H3,(H,15,16)(H,19,20)/t9?,12-/m1/s1. The van der Waals surface area contributed by atoms with Gasteiger partial charge in [0, 0.05) is 11.8 Å². The third-order valence-corrected chi connectivity index (χ3v) is 6.85. The van der Waals surface area contributed by atoms with E-state index in [-0.39, 0.29) is 34.1 Å². The van der Waals surface area contributed by atoms with Crippen molar-refractivity contribution in [3.8, 4) is 0 Å². The highest BCUT2D eigenvalue weighted by molar-refractivity contribution is 8.23. The van der Waals surface area contributed by atoms with Crippen LogP contribution in [0.5, 0.6) is 0 Å². The molecule has 6 nitrogen and oxygen atoms in total. The van der Waals surface area contributed by atoms with Crippen LogP contribution < -0.4 is 5.32 Å². The molecule has 0 aromatic rings. The molecule has 0 aliphatic carbocycles. The van der Waals surface area contributed by atoms with Crippen molar-refractivity contribution in [2.45, 2.75) is 31.4 Å². The zero-order valence-corrected chi connectivity index (χ0v) is 14.3. The number of nitrogens with one attached hydrogen (secondary N) is 1. The first kappa shape index (κ1) is 15.7. The summed E-state index contributed by atoms with van der Waals surface area (Å²) in [5.74, 6) is -0.0127. The normalized spacial score (nSPS) is 30.9. The van der Waals surface area contributed by atoms with Crippen LogP contribution in [0.1, 0.15) is 20.8 Å². The average molecular weight is 341 g/mol. The second kappa shape index (κ2) is 5.81. The Morgan fingerprint density at radius 3 is 2.82 bits per heavy atom. The zero-order chi connectivity index (χ0) is 16.0. The predicted octanol–water partition coefficient (Wildman–Crippen LogP) is 1.55. The van der Waals surface area contributed by atoms with Gasteiger partial charge in [0.15, 0.2) is 5.70 Å². The molecule has 1 amide bonds. The number of thioether (sulfide) groups is 2. The van der Waals surface area contributed by atoms with Crippen LogP contribution in [-0.4, -0.2) is 51.4 Å². The van der Waals surface area contributed by atoms with Crippen molar-refractivity contribution < 1.29 is 14.7 Å². The maximum absolute atomic E-state index is 12.3. The largest absolute Gasteiger partial charge is 0.477 e. The molecule has 0 radical (unpaired) electrons. The van der Waals surface area contributed by atoms with Crippen LogP contribution in [0, 0.1) is 11.8 Å². The minimum Gasteiger partial charge on any atom is -0.477 e. The zero-order valence-electron chi connectivity index (χ0n) is 12.7. The lowest BCUT2D eigenvalue weighted by molar-refractivity contribution is -0.153. The molecule has 0 aromatic carbocycles. The van der Waals surface area contributed by atoms with Crippen molar-refractivity contribution in [1.29, 1.82) is 0 Å². The molecular formula is C14H19N3O3S2. The minimum absolute atomic E-state index is 0.0529. The van der Waals surface area contributed by atoms with E-state index < -0.39 is 5.97 Å². The number of carboxylic acids is 1. The van der Waals surface area contributed by atoms with E-state index >= 15 is 0 Å². The first-order valence-electron chi connectivity index (χ1n) is 7.29. The Kier molecular flexibility index (Phi) is 4.15. The summed E-state index contributed by atoms with van der Waals surface area (Å²) in [7, 11) is 0. The number of aliphatic carboxylic acids is 1. The fraction of sp³-hybridized carbons (Fsp3) is 0.643. The second-order valence-electron chi connectivity index (χ2n) is 5.97. The molecule has 2 N–H and O–H groups in total. The predicted molar refractivity (Wildman–Crippen MR) is 88.6 cm³/mol. The molecule has 2 unspecified atom stereocenters. The van der Waals surface area contributed by atoms with E-state index in [0.717, 1.165) is 16.6 Å². The van der Waals surface area contributed by atoms with E-state index in [2.05, 4.69) is 10.3 Å². The molecule has 3 heterocycles. The van der Waals surface area contributed by atoms with Gasteiger partial charge in [-0.2, -0.15) is 0 Å². The quantitative estimate of drug-likeness (QED) is 0.755. The minimum atomic E-state index is -1.02. The van der Waals surface area contributed by atoms with Gasteiger partial charge in [-0.25, -0.2) is 4.79 Å². The Morgan fingerprint density at radius 1 is 1.55 bits per heavy atom. The molecule has 0 bridgehead atoms. The molecule has 3 aliphatic heterocycles. The van der Waals surface area contributed by atoms with Gasteiger partial charge in [-0.1, -0.05) is 25.6 Å². The van der Waals surface area contributed by atoms with Crippen LogP contribution in [0.4, 0.5) is 0 Å². The van der Waals surface area contributed by atoms with Crippen molar-refractivity contribution in [1.82, 2.24) is 10.2 Å². The van der Waals surface area contributed by atoms with Gasteiger partial charge in [0.05, 0.1) is 27.9 Å². The number of carbonyl (C=O) groups excluding carboxylic acids is 1. The first-order chi connectivity index (χ1) is 10.4. The number of nitrogens with zero attached hydrogens (tertiary/aromatic N) is 2. The summed E-state index contributed by atoms with van der Waals surface area (Å²) in [4.78, 5) is 29.7. The lowest BCUT2D eigenvalue weighted by Crippen LogP contribution is -2.59. The van der Waals surface area contributed by atoms with Crippen LogP contribution in [0.2, 0.25) is 0 Å². The maximum atomic E-state index is 12.3. The van der Waals surface area contributed by atoms with Gasteiger partial charge >= 0.3 is 5.97 Å². The Bertz CT molecular complexity index is 588. The third-order valence-electron chi connectivity index (χ3n) is 4.06. The molecule has 0 spiro atoms. The highest BCUT2D eigenvalue weighted by atomic mass is 32.2. The van der Waals surface area contributed by atoms with Gasteiger partial charge in [-0.05, 0) is 12.8 Å². The van der Waals surface area contributed by atoms with E-state index in [1.165, 1.54) is 28.4 Å². The van der Waals surface area contributed by atoms with Crippen molar-refractivity contribution in [3.63, 3.8) is 0 Å². The Labute approximate surface area is 137 Å². The van der Waals surface area contributed by atoms with Crippen molar-refractivity contribution in [2.75, 3.05) is 13.1 Å². The summed E-state index contributed by atoms with van der Waals surface area (Å²) in [6.07, 6.45) is 0. The fourth-order valence-electron chi connectivity index (χ4n) is 2.85. The van der Waals surface area contributed by atoms with Gasteiger partial charge < -0.3 is 10.4 Å². The van der Waals surface area contributed by atoms with E-state index in [9.17, 15) is 14.7 Å². The molecule has 3 rings (SSSR count). The molecule has 120 valence electrons. The first-order valence-corrected chi connectivity index (χ1v) is 9.05. The Balaban J connectivity index is 1.78. The average Bonchev–Trinajstić information content (AvgIpc) is 2.75. The summed E-state index contributed by atoms with van der Waals surface area (Å²) in [5.41, 5.74) is 0.160. The summed E-state index contributed by atoms with van der Waals surface area (Å²) in [5, 5.41) is 12.8. The smallest absolute Gasteiger partial charge is 0.354 e. The highest BCUT2D eigenvalue weighted by Crippen LogP contribution is 2.55. The van der Waals surface area contributed by atoms with E-state index in [4.69, 9.17) is 0 Å². The lowest BCUT2D eigenvalue weighted by atomic mass is 9.86. The topological polar surface area (TPSA) is 82.0 Å². The molecule has 3 atom stereocenters. The number of hydrogen-bond donors (Lipinski definition) is 2. The number of amides is 1. The molecule has 3 aliphatic rings. The summed E-state index contributed by atoms with van der Waals surface area (Å²) in [6, 6.07) is 0. The van der Waals surface area contributed by atoms with Crippen LogP contribution in [0.25, 0.3) is 0 Å². The molecule has 0 aromatic heterocycles. The van der Waals surface area contributed by atoms with Gasteiger partial charge in [0.1, 0.15) is 0 Å². The summed E-state index contributed by atoms with van der Waals surface area (Å²) in [6.45, 7) is 7.38. The van der Waals surface area contributed by atoms with Gasteiger partial charge in [-0.3, -0.25) is 14.7 Å². The van der Waals surface area contributed by atoms with Crippen LogP contribution >= 0.6 is 23.5 Å². The SMILES string of the molecule is CC1=NCC(SC2=C(C(=O)O)N3C(=O)C(C(C)C)[C@H]3S2)CN1. The summed E-state index contributed by atoms with van der Waals surface area (Å²) >= 11 is 3.05. The van der Waals surface area contributed by atoms with Gasteiger partial charge in [0.2, 0.25) is 5.91 Å². The van der Waals surface area contributed by atoms with E-state index in [0.29, 0.717) is 6.54 Å². The second-order valence-corrected chi connectivity index (χ2v) is 8.67. The number of amidine groups is 1. The number of hydrogen-bond acceptors (Lipinski definition) is 6. The lowest BCUT2D eigenvalue weighted by Gasteiger charge is -2.44. The van der Waals surface area contributed by atoms with Crippen LogP contribution in [-0.2, 0) is 9.59 Å². The van der Waals surface area contributed by atoms with Crippen molar-refractivity contribution >= 4 is 41.2 Å². The maximum Gasteiger partial charge on any atom is 0.354 e. The monoisotopic (exact) mass is 341 g/mol.